The number of fused-ring (bicyclic) bond motifs is 1. The van der Waals surface area contributed by atoms with Crippen molar-refractivity contribution in [2.75, 3.05) is 0 Å². The van der Waals surface area contributed by atoms with Crippen LogP contribution in [0.5, 0.6) is 5.75 Å². The molecule has 0 aliphatic heterocycles. The Hall–Kier alpha value is -3.16. The lowest BCUT2D eigenvalue weighted by molar-refractivity contribution is 0.0679. The molecular weight excluding hydrogens is 280 g/mol. The Morgan fingerprint density at radius 2 is 1.95 bits per heavy atom. The van der Waals surface area contributed by atoms with Gasteiger partial charge >= 0.3 is 11.9 Å². The molecule has 0 atom stereocenters. The Kier molecular flexibility index (Phi) is 3.45. The van der Waals surface area contributed by atoms with Crippen molar-refractivity contribution >= 4 is 23.0 Å². The monoisotopic (exact) mass is 290 g/mol. The number of aromatic carboxylic acids is 2. The zero-order valence-electron chi connectivity index (χ0n) is 10.6. The maximum atomic E-state index is 12.1. The van der Waals surface area contributed by atoms with E-state index < -0.39 is 28.8 Å². The molecule has 2 aromatic heterocycles. The average Bonchev–Trinajstić information content (AvgIpc) is 2.42. The lowest BCUT2D eigenvalue weighted by Gasteiger charge is -2.11. The number of aromatic nitrogens is 2. The molecule has 0 amide bonds. The van der Waals surface area contributed by atoms with Crippen molar-refractivity contribution in [2.45, 2.75) is 6.54 Å². The van der Waals surface area contributed by atoms with E-state index in [9.17, 15) is 19.5 Å². The zero-order valence-corrected chi connectivity index (χ0v) is 10.6. The van der Waals surface area contributed by atoms with Gasteiger partial charge < -0.3 is 15.3 Å². The number of carbonyl (C=O) groups is 2. The number of carboxylic acids is 2. The van der Waals surface area contributed by atoms with Crippen LogP contribution in [0.4, 0.5) is 0 Å². The summed E-state index contributed by atoms with van der Waals surface area (Å²) in [5.74, 6) is -3.64. The van der Waals surface area contributed by atoms with Crippen molar-refractivity contribution < 1.29 is 24.9 Å². The highest BCUT2D eigenvalue weighted by atomic mass is 16.4. The highest BCUT2D eigenvalue weighted by Crippen LogP contribution is 2.25. The number of hydrogen-bond acceptors (Lipinski definition) is 5. The molecule has 0 bridgehead atoms. The number of carboxylic acid groups (broad SMARTS) is 2. The molecule has 8 heteroatoms. The second kappa shape index (κ2) is 5.08. The lowest BCUT2D eigenvalue weighted by Crippen LogP contribution is -2.27. The summed E-state index contributed by atoms with van der Waals surface area (Å²) in [5, 5.41) is 27.8. The van der Waals surface area contributed by atoms with Crippen molar-refractivity contribution in [1.29, 1.82) is 0 Å². The molecule has 0 radical (unpaired) electrons. The highest BCUT2D eigenvalue weighted by molar-refractivity contribution is 5.98. The van der Waals surface area contributed by atoms with Crippen molar-refractivity contribution in [3.63, 3.8) is 0 Å². The van der Waals surface area contributed by atoms with Crippen LogP contribution in [0.2, 0.25) is 0 Å². The number of pyridine rings is 2. The SMILES string of the molecule is C=CCn1c(=O)c(C(=O)O)c(O)c2ccc(C(=O)O)nc21. The normalized spacial score (nSPS) is 10.5. The predicted molar refractivity (Wildman–Crippen MR) is 71.8 cm³/mol. The molecule has 0 aromatic carbocycles. The van der Waals surface area contributed by atoms with Gasteiger partial charge in [-0.25, -0.2) is 14.6 Å². The molecule has 21 heavy (non-hydrogen) atoms. The fourth-order valence-electron chi connectivity index (χ4n) is 1.92. The largest absolute Gasteiger partial charge is 0.506 e. The van der Waals surface area contributed by atoms with E-state index in [1.807, 2.05) is 0 Å². The lowest BCUT2D eigenvalue weighted by atomic mass is 10.1. The van der Waals surface area contributed by atoms with Crippen LogP contribution in [0, 0.1) is 0 Å². The van der Waals surface area contributed by atoms with E-state index in [-0.39, 0.29) is 23.3 Å². The van der Waals surface area contributed by atoms with Gasteiger partial charge in [-0.15, -0.1) is 6.58 Å². The van der Waals surface area contributed by atoms with Gasteiger partial charge in [0.25, 0.3) is 5.56 Å². The summed E-state index contributed by atoms with van der Waals surface area (Å²) in [7, 11) is 0. The Labute approximate surface area is 117 Å². The van der Waals surface area contributed by atoms with Crippen molar-refractivity contribution in [1.82, 2.24) is 9.55 Å². The molecule has 2 rings (SSSR count). The second-order valence-corrected chi connectivity index (χ2v) is 4.11. The first-order chi connectivity index (χ1) is 9.88. The van der Waals surface area contributed by atoms with Crippen molar-refractivity contribution in [3.8, 4) is 5.75 Å². The first-order valence-corrected chi connectivity index (χ1v) is 5.72. The van der Waals surface area contributed by atoms with Crippen LogP contribution in [0.25, 0.3) is 11.0 Å². The molecule has 8 nitrogen and oxygen atoms in total. The fraction of sp³-hybridized carbons (Fsp3) is 0.0769. The molecule has 0 fully saturated rings. The van der Waals surface area contributed by atoms with E-state index in [4.69, 9.17) is 10.2 Å². The summed E-state index contributed by atoms with van der Waals surface area (Å²) >= 11 is 0. The molecule has 0 unspecified atom stereocenters. The van der Waals surface area contributed by atoms with Gasteiger partial charge in [0.15, 0.2) is 11.3 Å². The summed E-state index contributed by atoms with van der Waals surface area (Å²) in [6.07, 6.45) is 1.33. The maximum Gasteiger partial charge on any atom is 0.354 e. The van der Waals surface area contributed by atoms with Crippen LogP contribution in [-0.4, -0.2) is 36.8 Å². The van der Waals surface area contributed by atoms with E-state index in [0.29, 0.717) is 0 Å². The van der Waals surface area contributed by atoms with E-state index in [1.54, 1.807) is 0 Å². The third kappa shape index (κ3) is 2.22. The number of hydrogen-bond donors (Lipinski definition) is 3. The van der Waals surface area contributed by atoms with E-state index >= 15 is 0 Å². The number of aromatic hydroxyl groups is 1. The van der Waals surface area contributed by atoms with E-state index in [1.165, 1.54) is 12.1 Å². The number of nitrogens with zero attached hydrogens (tertiary/aromatic N) is 2. The van der Waals surface area contributed by atoms with Gasteiger partial charge in [-0.05, 0) is 12.1 Å². The summed E-state index contributed by atoms with van der Waals surface area (Å²) in [5.41, 5.74) is -2.24. The minimum Gasteiger partial charge on any atom is -0.506 e. The van der Waals surface area contributed by atoms with Crippen LogP contribution in [-0.2, 0) is 6.54 Å². The average molecular weight is 290 g/mol. The topological polar surface area (TPSA) is 130 Å². The number of allylic oxidation sites excluding steroid dienone is 1. The summed E-state index contributed by atoms with van der Waals surface area (Å²) < 4.78 is 0.942. The molecular formula is C13H10N2O6. The van der Waals surface area contributed by atoms with E-state index in [2.05, 4.69) is 11.6 Å². The van der Waals surface area contributed by atoms with Gasteiger partial charge in [0.2, 0.25) is 0 Å². The first-order valence-electron chi connectivity index (χ1n) is 5.72. The van der Waals surface area contributed by atoms with Crippen LogP contribution < -0.4 is 5.56 Å². The maximum absolute atomic E-state index is 12.1. The van der Waals surface area contributed by atoms with Gasteiger partial charge in [-0.3, -0.25) is 9.36 Å². The summed E-state index contributed by atoms with van der Waals surface area (Å²) in [6.45, 7) is 3.37. The Balaban J connectivity index is 3.00. The quantitative estimate of drug-likeness (QED) is 0.706. The molecule has 0 aliphatic rings. The smallest absolute Gasteiger partial charge is 0.354 e. The molecule has 0 aliphatic carbocycles. The molecule has 0 spiro atoms. The Bertz CT molecular complexity index is 837. The highest BCUT2D eigenvalue weighted by Gasteiger charge is 2.22. The van der Waals surface area contributed by atoms with Crippen LogP contribution in [0.15, 0.2) is 29.6 Å². The standard InChI is InChI=1S/C13H10N2O6/c1-2-5-15-10-6(3-4-7(14-10)12(18)19)9(16)8(11(15)17)13(20)21/h2-4,16H,1,5H2,(H,18,19)(H,20,21). The summed E-state index contributed by atoms with van der Waals surface area (Å²) in [4.78, 5) is 37.9. The molecule has 0 saturated carbocycles. The third-order valence-corrected chi connectivity index (χ3v) is 2.83. The Morgan fingerprint density at radius 3 is 2.48 bits per heavy atom. The number of rotatable bonds is 4. The molecule has 108 valence electrons. The molecule has 2 aromatic rings. The summed E-state index contributed by atoms with van der Waals surface area (Å²) in [6, 6.07) is 2.31. The minimum atomic E-state index is -1.58. The van der Waals surface area contributed by atoms with Gasteiger partial charge in [0.1, 0.15) is 11.4 Å². The van der Waals surface area contributed by atoms with Crippen LogP contribution >= 0.6 is 0 Å². The Morgan fingerprint density at radius 1 is 1.29 bits per heavy atom. The van der Waals surface area contributed by atoms with E-state index in [0.717, 1.165) is 10.6 Å². The van der Waals surface area contributed by atoms with Gasteiger partial charge in [-0.2, -0.15) is 0 Å². The van der Waals surface area contributed by atoms with Crippen molar-refractivity contribution in [2.24, 2.45) is 0 Å². The second-order valence-electron chi connectivity index (χ2n) is 4.11. The van der Waals surface area contributed by atoms with Gasteiger partial charge in [-0.1, -0.05) is 6.08 Å². The fourth-order valence-corrected chi connectivity index (χ4v) is 1.92. The van der Waals surface area contributed by atoms with Crippen molar-refractivity contribution in [3.05, 3.63) is 46.4 Å². The molecule has 3 N–H and O–H groups in total. The molecule has 2 heterocycles. The third-order valence-electron chi connectivity index (χ3n) is 2.83. The van der Waals surface area contributed by atoms with Gasteiger partial charge in [0.05, 0.1) is 5.39 Å². The van der Waals surface area contributed by atoms with Crippen LogP contribution in [0.1, 0.15) is 20.8 Å². The van der Waals surface area contributed by atoms with Crippen LogP contribution in [0.3, 0.4) is 0 Å². The van der Waals surface area contributed by atoms with Gasteiger partial charge in [0, 0.05) is 6.54 Å². The predicted octanol–water partition coefficient (Wildman–Crippen LogP) is 0.684. The zero-order chi connectivity index (χ0) is 15.7. The minimum absolute atomic E-state index is 0.0288. The first kappa shape index (κ1) is 14.3. The molecule has 0 saturated heterocycles.